The monoisotopic (exact) mass is 569 g/mol. The van der Waals surface area contributed by atoms with Gasteiger partial charge in [0.25, 0.3) is 0 Å². The predicted molar refractivity (Wildman–Crippen MR) is 129 cm³/mol. The number of rotatable bonds is 4. The van der Waals surface area contributed by atoms with Crippen molar-refractivity contribution in [2.75, 3.05) is 31.1 Å². The Hall–Kier alpha value is -3.61. The zero-order valence-electron chi connectivity index (χ0n) is 19.1. The van der Waals surface area contributed by atoms with Gasteiger partial charge in [0.15, 0.2) is 0 Å². The molecule has 0 radical (unpaired) electrons. The van der Waals surface area contributed by atoms with Crippen LogP contribution in [0.1, 0.15) is 18.5 Å². The van der Waals surface area contributed by atoms with E-state index in [9.17, 15) is 22.8 Å². The van der Waals surface area contributed by atoms with Crippen molar-refractivity contribution in [1.82, 2.24) is 20.4 Å². The lowest BCUT2D eigenvalue weighted by atomic mass is 10.0. The maximum absolute atomic E-state index is 13.2. The maximum Gasteiger partial charge on any atom is 0.490 e. The van der Waals surface area contributed by atoms with E-state index in [0.29, 0.717) is 13.1 Å². The molecular weight excluding hydrogens is 547 g/mol. The quantitative estimate of drug-likeness (QED) is 0.442. The average molecular weight is 570 g/mol. The lowest BCUT2D eigenvalue weighted by Crippen LogP contribution is -2.52. The molecule has 3 aromatic rings. The summed E-state index contributed by atoms with van der Waals surface area (Å²) in [7, 11) is 0. The highest BCUT2D eigenvalue weighted by Crippen LogP contribution is 2.24. The number of amides is 2. The van der Waals surface area contributed by atoms with Crippen LogP contribution in [0.25, 0.3) is 10.9 Å². The number of halogens is 4. The predicted octanol–water partition coefficient (Wildman–Crippen LogP) is 3.48. The number of piperazine rings is 1. The highest BCUT2D eigenvalue weighted by atomic mass is 79.9. The number of fused-ring (bicyclic) bond motifs is 1. The molecule has 0 aliphatic carbocycles. The fourth-order valence-electron chi connectivity index (χ4n) is 3.64. The number of anilines is 1. The molecule has 1 aliphatic heterocycles. The number of carboxylic acids is 1. The molecule has 2 heterocycles. The zero-order chi connectivity index (χ0) is 26.5. The molecule has 1 fully saturated rings. The second-order valence-corrected chi connectivity index (χ2v) is 8.86. The number of H-pyrrole nitrogens is 1. The summed E-state index contributed by atoms with van der Waals surface area (Å²) in [6, 6.07) is 13.0. The molecule has 2 amide bonds. The van der Waals surface area contributed by atoms with Crippen LogP contribution in [0.5, 0.6) is 0 Å². The van der Waals surface area contributed by atoms with Gasteiger partial charge >= 0.3 is 12.1 Å². The van der Waals surface area contributed by atoms with Gasteiger partial charge in [-0.25, -0.2) is 4.79 Å². The normalized spacial score (nSPS) is 14.6. The number of hydrogen-bond donors (Lipinski definition) is 3. The highest BCUT2D eigenvalue weighted by Gasteiger charge is 2.38. The molecule has 36 heavy (non-hydrogen) atoms. The van der Waals surface area contributed by atoms with Crippen molar-refractivity contribution in [1.29, 1.82) is 0 Å². The molecule has 0 bridgehead atoms. The molecule has 1 atom stereocenters. The van der Waals surface area contributed by atoms with Gasteiger partial charge in [-0.1, -0.05) is 28.1 Å². The number of carbonyl (C=O) groups excluding carboxylic acids is 2. The second kappa shape index (κ2) is 11.4. The molecule has 0 saturated carbocycles. The molecule has 13 heteroatoms. The first-order valence-electron chi connectivity index (χ1n) is 10.7. The van der Waals surface area contributed by atoms with Crippen molar-refractivity contribution in [3.8, 4) is 0 Å². The Kier molecular flexibility index (Phi) is 8.56. The Labute approximate surface area is 212 Å². The largest absolute Gasteiger partial charge is 0.490 e. The maximum atomic E-state index is 13.2. The Morgan fingerprint density at radius 3 is 2.25 bits per heavy atom. The Bertz CT molecular complexity index is 1220. The Morgan fingerprint density at radius 1 is 1.08 bits per heavy atom. The van der Waals surface area contributed by atoms with Crippen LogP contribution in [0.4, 0.5) is 18.9 Å². The molecule has 2 aromatic carbocycles. The zero-order valence-corrected chi connectivity index (χ0v) is 20.6. The van der Waals surface area contributed by atoms with Gasteiger partial charge in [-0.05, 0) is 35.9 Å². The first kappa shape index (κ1) is 27.0. The molecule has 1 aliphatic rings. The smallest absolute Gasteiger partial charge is 0.475 e. The molecule has 9 nitrogen and oxygen atoms in total. The van der Waals surface area contributed by atoms with Crippen LogP contribution in [0, 0.1) is 0 Å². The Balaban J connectivity index is 0.000000454. The van der Waals surface area contributed by atoms with E-state index in [1.54, 1.807) is 0 Å². The SMILES string of the molecule is CC(=O)NC(C(=O)N1CCN(c2ccc3[nH]ncc3c2)CC1)c1ccc(Br)cc1.O=C(O)C(F)(F)F. The number of carboxylic acid groups (broad SMARTS) is 1. The average Bonchev–Trinajstić information content (AvgIpc) is 3.30. The minimum Gasteiger partial charge on any atom is -0.475 e. The fourth-order valence-corrected chi connectivity index (χ4v) is 3.90. The molecule has 192 valence electrons. The number of aliphatic carboxylic acids is 1. The lowest BCUT2D eigenvalue weighted by Gasteiger charge is -2.37. The minimum absolute atomic E-state index is 0.0764. The summed E-state index contributed by atoms with van der Waals surface area (Å²) in [5, 5.41) is 18.0. The van der Waals surface area contributed by atoms with Crippen LogP contribution in [0.2, 0.25) is 0 Å². The van der Waals surface area contributed by atoms with Gasteiger partial charge in [-0.15, -0.1) is 0 Å². The number of aromatic amines is 1. The first-order chi connectivity index (χ1) is 17.0. The molecule has 1 aromatic heterocycles. The summed E-state index contributed by atoms with van der Waals surface area (Å²) in [5.74, 6) is -3.06. The molecular formula is C23H23BrF3N5O4. The minimum atomic E-state index is -5.08. The number of aromatic nitrogens is 2. The summed E-state index contributed by atoms with van der Waals surface area (Å²) < 4.78 is 32.7. The lowest BCUT2D eigenvalue weighted by molar-refractivity contribution is -0.192. The number of nitrogens with zero attached hydrogens (tertiary/aromatic N) is 3. The number of benzene rings is 2. The fraction of sp³-hybridized carbons (Fsp3) is 0.304. The van der Waals surface area contributed by atoms with Gasteiger partial charge in [-0.2, -0.15) is 18.3 Å². The number of carbonyl (C=O) groups is 3. The van der Waals surface area contributed by atoms with Crippen molar-refractivity contribution in [3.63, 3.8) is 0 Å². The van der Waals surface area contributed by atoms with Gasteiger partial charge in [0.1, 0.15) is 6.04 Å². The molecule has 3 N–H and O–H groups in total. The van der Waals surface area contributed by atoms with Crippen LogP contribution < -0.4 is 10.2 Å². The molecule has 1 unspecified atom stereocenters. The van der Waals surface area contributed by atoms with Crippen molar-refractivity contribution in [3.05, 3.63) is 58.7 Å². The van der Waals surface area contributed by atoms with E-state index in [0.717, 1.165) is 39.7 Å². The van der Waals surface area contributed by atoms with Crippen LogP contribution in [-0.4, -0.2) is 70.3 Å². The summed E-state index contributed by atoms with van der Waals surface area (Å²) in [4.78, 5) is 37.9. The van der Waals surface area contributed by atoms with E-state index in [1.165, 1.54) is 6.92 Å². The van der Waals surface area contributed by atoms with Gasteiger partial charge in [0.2, 0.25) is 11.8 Å². The van der Waals surface area contributed by atoms with Crippen molar-refractivity contribution >= 4 is 50.3 Å². The van der Waals surface area contributed by atoms with E-state index in [-0.39, 0.29) is 11.8 Å². The number of nitrogens with one attached hydrogen (secondary N) is 2. The molecule has 4 rings (SSSR count). The standard InChI is InChI=1S/C21H22BrN5O2.C2HF3O2/c1-14(28)24-20(15-2-4-17(22)5-3-15)21(29)27-10-8-26(9-11-27)18-6-7-19-16(12-18)13-23-25-19;3-2(4,5)1(6)7/h2-7,12-13,20H,8-11H2,1H3,(H,23,25)(H,24,28);(H,6,7). The van der Waals surface area contributed by atoms with Crippen LogP contribution >= 0.6 is 15.9 Å². The van der Waals surface area contributed by atoms with Gasteiger partial charge in [-0.3, -0.25) is 14.7 Å². The topological polar surface area (TPSA) is 119 Å². The van der Waals surface area contributed by atoms with Crippen molar-refractivity contribution < 1.29 is 32.7 Å². The van der Waals surface area contributed by atoms with E-state index < -0.39 is 18.2 Å². The third-order valence-electron chi connectivity index (χ3n) is 5.42. The van der Waals surface area contributed by atoms with E-state index in [1.807, 2.05) is 41.4 Å². The first-order valence-corrected chi connectivity index (χ1v) is 11.5. The second-order valence-electron chi connectivity index (χ2n) is 7.94. The van der Waals surface area contributed by atoms with Gasteiger partial charge < -0.3 is 20.2 Å². The molecule has 1 saturated heterocycles. The van der Waals surface area contributed by atoms with Crippen molar-refractivity contribution in [2.24, 2.45) is 0 Å². The van der Waals surface area contributed by atoms with E-state index in [4.69, 9.17) is 9.90 Å². The number of alkyl halides is 3. The number of hydrogen-bond acceptors (Lipinski definition) is 5. The highest BCUT2D eigenvalue weighted by molar-refractivity contribution is 9.10. The van der Waals surface area contributed by atoms with Gasteiger partial charge in [0.05, 0.1) is 11.7 Å². The summed E-state index contributed by atoms with van der Waals surface area (Å²) in [6.07, 6.45) is -3.27. The van der Waals surface area contributed by atoms with Crippen molar-refractivity contribution in [2.45, 2.75) is 19.1 Å². The third-order valence-corrected chi connectivity index (χ3v) is 5.95. The van der Waals surface area contributed by atoms with Crippen LogP contribution in [0.15, 0.2) is 53.1 Å². The van der Waals surface area contributed by atoms with Gasteiger partial charge in [0, 0.05) is 48.6 Å². The van der Waals surface area contributed by atoms with Crippen LogP contribution in [-0.2, 0) is 14.4 Å². The van der Waals surface area contributed by atoms with E-state index in [2.05, 4.69) is 48.5 Å². The van der Waals surface area contributed by atoms with Crippen LogP contribution in [0.3, 0.4) is 0 Å². The van der Waals surface area contributed by atoms with E-state index >= 15 is 0 Å². The summed E-state index contributed by atoms with van der Waals surface area (Å²) in [6.45, 7) is 4.12. The molecule has 0 spiro atoms. The summed E-state index contributed by atoms with van der Waals surface area (Å²) >= 11 is 3.41. The Morgan fingerprint density at radius 2 is 1.69 bits per heavy atom. The summed E-state index contributed by atoms with van der Waals surface area (Å²) in [5.41, 5.74) is 2.91. The third kappa shape index (κ3) is 6.97.